The van der Waals surface area contributed by atoms with Gasteiger partial charge in [-0.1, -0.05) is 12.1 Å². The number of hydrogen-bond donors (Lipinski definition) is 3. The Kier molecular flexibility index (Phi) is 5.78. The third-order valence-electron chi connectivity index (χ3n) is 2.13. The molecule has 0 saturated heterocycles. The lowest BCUT2D eigenvalue weighted by Gasteiger charge is -2.05. The standard InChI is InChI=1S/C10H17N5O3/c1-2-3-11-6-9(16)12-4-5-15-7-8(10(17)18)13-14-15/h7,11H,2-6H2,1H3,(H,12,16)(H,17,18). The Bertz CT molecular complexity index is 404. The Morgan fingerprint density at radius 3 is 2.83 bits per heavy atom. The van der Waals surface area contributed by atoms with Gasteiger partial charge in [-0.3, -0.25) is 4.79 Å². The van der Waals surface area contributed by atoms with Crippen LogP contribution in [0.25, 0.3) is 0 Å². The van der Waals surface area contributed by atoms with Crippen LogP contribution < -0.4 is 10.6 Å². The van der Waals surface area contributed by atoms with Gasteiger partial charge in [0.2, 0.25) is 5.91 Å². The predicted octanol–water partition coefficient (Wildman–Crippen LogP) is -0.908. The van der Waals surface area contributed by atoms with Gasteiger partial charge in [-0.05, 0) is 13.0 Å². The molecular weight excluding hydrogens is 238 g/mol. The third kappa shape index (κ3) is 4.91. The fourth-order valence-electron chi connectivity index (χ4n) is 1.26. The van der Waals surface area contributed by atoms with Gasteiger partial charge in [0.25, 0.3) is 0 Å². The SMILES string of the molecule is CCCNCC(=O)NCCn1cc(C(=O)O)nn1. The fraction of sp³-hybridized carbons (Fsp3) is 0.600. The maximum atomic E-state index is 11.3. The number of aromatic nitrogens is 3. The first kappa shape index (κ1) is 14.1. The summed E-state index contributed by atoms with van der Waals surface area (Å²) < 4.78 is 1.38. The summed E-state index contributed by atoms with van der Waals surface area (Å²) in [4.78, 5) is 21.9. The molecule has 0 aromatic carbocycles. The molecule has 0 spiro atoms. The number of rotatable bonds is 8. The van der Waals surface area contributed by atoms with Crippen LogP contribution in [0.4, 0.5) is 0 Å². The first-order valence-electron chi connectivity index (χ1n) is 5.74. The van der Waals surface area contributed by atoms with Crippen molar-refractivity contribution in [3.63, 3.8) is 0 Å². The molecule has 1 aromatic rings. The quantitative estimate of drug-likeness (QED) is 0.519. The van der Waals surface area contributed by atoms with Crippen LogP contribution in [0.5, 0.6) is 0 Å². The molecule has 0 aliphatic heterocycles. The molecule has 0 saturated carbocycles. The van der Waals surface area contributed by atoms with Crippen molar-refractivity contribution in [2.24, 2.45) is 0 Å². The highest BCUT2D eigenvalue weighted by Gasteiger charge is 2.07. The largest absolute Gasteiger partial charge is 0.476 e. The van der Waals surface area contributed by atoms with Gasteiger partial charge in [0.15, 0.2) is 5.69 Å². The van der Waals surface area contributed by atoms with Crippen LogP contribution in [0.2, 0.25) is 0 Å². The lowest BCUT2D eigenvalue weighted by Crippen LogP contribution is -2.35. The highest BCUT2D eigenvalue weighted by Crippen LogP contribution is 1.91. The summed E-state index contributed by atoms with van der Waals surface area (Å²) in [7, 11) is 0. The summed E-state index contributed by atoms with van der Waals surface area (Å²) in [6.07, 6.45) is 2.30. The zero-order chi connectivity index (χ0) is 13.4. The Balaban J connectivity index is 2.20. The molecule has 0 fully saturated rings. The van der Waals surface area contributed by atoms with E-state index in [0.29, 0.717) is 13.1 Å². The van der Waals surface area contributed by atoms with E-state index in [1.807, 2.05) is 6.92 Å². The second kappa shape index (κ2) is 7.38. The molecule has 0 bridgehead atoms. The zero-order valence-electron chi connectivity index (χ0n) is 10.2. The minimum atomic E-state index is -1.12. The third-order valence-corrected chi connectivity index (χ3v) is 2.13. The first-order valence-corrected chi connectivity index (χ1v) is 5.74. The lowest BCUT2D eigenvalue weighted by atomic mass is 10.4. The summed E-state index contributed by atoms with van der Waals surface area (Å²) in [6, 6.07) is 0. The fourth-order valence-corrected chi connectivity index (χ4v) is 1.26. The van der Waals surface area contributed by atoms with E-state index in [0.717, 1.165) is 13.0 Å². The molecule has 8 nitrogen and oxygen atoms in total. The number of nitrogens with one attached hydrogen (secondary N) is 2. The molecule has 1 rings (SSSR count). The van der Waals surface area contributed by atoms with Gasteiger partial charge < -0.3 is 15.7 Å². The highest BCUT2D eigenvalue weighted by atomic mass is 16.4. The number of carbonyl (C=O) groups excluding carboxylic acids is 1. The van der Waals surface area contributed by atoms with E-state index in [9.17, 15) is 9.59 Å². The molecular formula is C10H17N5O3. The van der Waals surface area contributed by atoms with E-state index in [1.54, 1.807) is 0 Å². The molecule has 0 atom stereocenters. The Labute approximate surface area is 104 Å². The van der Waals surface area contributed by atoms with E-state index in [2.05, 4.69) is 20.9 Å². The van der Waals surface area contributed by atoms with Crippen molar-refractivity contribution < 1.29 is 14.7 Å². The number of carbonyl (C=O) groups is 2. The average molecular weight is 255 g/mol. The van der Waals surface area contributed by atoms with Crippen LogP contribution in [0.3, 0.4) is 0 Å². The van der Waals surface area contributed by atoms with Gasteiger partial charge in [0.1, 0.15) is 0 Å². The first-order chi connectivity index (χ1) is 8.63. The number of hydrogen-bond acceptors (Lipinski definition) is 5. The van der Waals surface area contributed by atoms with Gasteiger partial charge in [-0.25, -0.2) is 9.48 Å². The lowest BCUT2D eigenvalue weighted by molar-refractivity contribution is -0.120. The molecule has 0 unspecified atom stereocenters. The number of nitrogens with zero attached hydrogens (tertiary/aromatic N) is 3. The molecule has 0 aliphatic carbocycles. The maximum Gasteiger partial charge on any atom is 0.358 e. The monoisotopic (exact) mass is 255 g/mol. The van der Waals surface area contributed by atoms with E-state index in [1.165, 1.54) is 10.9 Å². The van der Waals surface area contributed by atoms with Crippen molar-refractivity contribution >= 4 is 11.9 Å². The van der Waals surface area contributed by atoms with Gasteiger partial charge >= 0.3 is 5.97 Å². The average Bonchev–Trinajstić information content (AvgIpc) is 2.78. The molecule has 0 radical (unpaired) electrons. The summed E-state index contributed by atoms with van der Waals surface area (Å²) >= 11 is 0. The molecule has 18 heavy (non-hydrogen) atoms. The van der Waals surface area contributed by atoms with Crippen LogP contribution in [-0.4, -0.2) is 51.6 Å². The molecule has 8 heteroatoms. The molecule has 1 amide bonds. The summed E-state index contributed by atoms with van der Waals surface area (Å²) in [6.45, 7) is 3.88. The number of carboxylic acids is 1. The van der Waals surface area contributed by atoms with Gasteiger partial charge in [-0.2, -0.15) is 0 Å². The molecule has 1 aromatic heterocycles. The highest BCUT2D eigenvalue weighted by molar-refractivity contribution is 5.84. The van der Waals surface area contributed by atoms with E-state index in [4.69, 9.17) is 5.11 Å². The second-order valence-corrected chi connectivity index (χ2v) is 3.70. The summed E-state index contributed by atoms with van der Waals surface area (Å²) in [5.41, 5.74) is -0.106. The van der Waals surface area contributed by atoms with Crippen molar-refractivity contribution in [1.82, 2.24) is 25.6 Å². The smallest absolute Gasteiger partial charge is 0.358 e. The van der Waals surface area contributed by atoms with Crippen molar-refractivity contribution in [2.45, 2.75) is 19.9 Å². The topological polar surface area (TPSA) is 109 Å². The van der Waals surface area contributed by atoms with Crippen molar-refractivity contribution in [3.8, 4) is 0 Å². The van der Waals surface area contributed by atoms with Gasteiger partial charge in [-0.15, -0.1) is 5.10 Å². The Morgan fingerprint density at radius 1 is 1.44 bits per heavy atom. The van der Waals surface area contributed by atoms with E-state index < -0.39 is 5.97 Å². The van der Waals surface area contributed by atoms with E-state index >= 15 is 0 Å². The molecule has 0 aliphatic rings. The van der Waals surface area contributed by atoms with Gasteiger partial charge in [0, 0.05) is 6.54 Å². The molecule has 1 heterocycles. The normalized spacial score (nSPS) is 10.3. The Hall–Kier alpha value is -1.96. The number of amides is 1. The minimum Gasteiger partial charge on any atom is -0.476 e. The van der Waals surface area contributed by atoms with Crippen LogP contribution in [0.15, 0.2) is 6.20 Å². The Morgan fingerprint density at radius 2 is 2.22 bits per heavy atom. The van der Waals surface area contributed by atoms with Crippen molar-refractivity contribution in [1.29, 1.82) is 0 Å². The van der Waals surface area contributed by atoms with Crippen LogP contribution in [-0.2, 0) is 11.3 Å². The number of aromatic carboxylic acids is 1. The molecule has 100 valence electrons. The van der Waals surface area contributed by atoms with Crippen LogP contribution in [0, 0.1) is 0 Å². The van der Waals surface area contributed by atoms with Crippen molar-refractivity contribution in [2.75, 3.05) is 19.6 Å². The summed E-state index contributed by atoms with van der Waals surface area (Å²) in [5.74, 6) is -1.21. The van der Waals surface area contributed by atoms with E-state index in [-0.39, 0.29) is 18.1 Å². The number of carboxylic acid groups (broad SMARTS) is 1. The maximum absolute atomic E-state index is 11.3. The minimum absolute atomic E-state index is 0.0953. The van der Waals surface area contributed by atoms with Gasteiger partial charge in [0.05, 0.1) is 19.3 Å². The van der Waals surface area contributed by atoms with Crippen LogP contribution >= 0.6 is 0 Å². The van der Waals surface area contributed by atoms with Crippen molar-refractivity contribution in [3.05, 3.63) is 11.9 Å². The van der Waals surface area contributed by atoms with Crippen LogP contribution in [0.1, 0.15) is 23.8 Å². The summed E-state index contributed by atoms with van der Waals surface area (Å²) in [5, 5.41) is 21.4. The predicted molar refractivity (Wildman–Crippen MR) is 63.2 cm³/mol. The second-order valence-electron chi connectivity index (χ2n) is 3.70. The molecule has 3 N–H and O–H groups in total. The zero-order valence-corrected chi connectivity index (χ0v) is 10.2.